The number of carbonyl (C=O) groups excluding carboxylic acids is 3. The largest absolute Gasteiger partial charge is 0.352 e. The van der Waals surface area contributed by atoms with Crippen LogP contribution in [0.15, 0.2) is 103 Å². The standard InChI is InChI=1S/C35H27ClN2O3/c1-20-15-17-22(18-16-20)32(39)30-31(33(40)24-10-3-6-12-26(24)36)38-28-14-8-4-9-23(28)21(2)19-29(38)35(30)25-11-5-7-13-27(25)37-34(35)41/h3-19,29-31H,1-2H3,(H,37,41)/t29-,30+,31+,35+/m1/s1. The molecule has 0 saturated carbocycles. The van der Waals surface area contributed by atoms with Gasteiger partial charge < -0.3 is 10.2 Å². The fourth-order valence-electron chi connectivity index (χ4n) is 7.11. The number of nitrogens with one attached hydrogen (secondary N) is 1. The van der Waals surface area contributed by atoms with Crippen molar-refractivity contribution >= 4 is 46.0 Å². The van der Waals surface area contributed by atoms with Crippen LogP contribution in [-0.2, 0) is 10.2 Å². The summed E-state index contributed by atoms with van der Waals surface area (Å²) in [5.74, 6) is -1.85. The van der Waals surface area contributed by atoms with Crippen LogP contribution in [0.25, 0.3) is 5.57 Å². The molecule has 6 heteroatoms. The lowest BCUT2D eigenvalue weighted by Crippen LogP contribution is -2.51. The van der Waals surface area contributed by atoms with Crippen LogP contribution in [0.5, 0.6) is 0 Å². The Morgan fingerprint density at radius 1 is 0.829 bits per heavy atom. The van der Waals surface area contributed by atoms with E-state index in [0.29, 0.717) is 21.8 Å². The highest BCUT2D eigenvalue weighted by Crippen LogP contribution is 2.59. The topological polar surface area (TPSA) is 66.5 Å². The summed E-state index contributed by atoms with van der Waals surface area (Å²) in [5.41, 5.74) is 4.61. The number of rotatable bonds is 4. The van der Waals surface area contributed by atoms with Gasteiger partial charge >= 0.3 is 0 Å². The van der Waals surface area contributed by atoms with Gasteiger partial charge in [-0.2, -0.15) is 0 Å². The third kappa shape index (κ3) is 3.52. The predicted octanol–water partition coefficient (Wildman–Crippen LogP) is 6.89. The van der Waals surface area contributed by atoms with Crippen molar-refractivity contribution in [3.63, 3.8) is 0 Å². The summed E-state index contributed by atoms with van der Waals surface area (Å²) in [6.45, 7) is 3.98. The van der Waals surface area contributed by atoms with Gasteiger partial charge in [0.05, 0.1) is 17.0 Å². The SMILES string of the molecule is CC1=C[C@H]2N(c3ccccc31)[C@H](C(=O)c1ccccc1Cl)[C@@H](C(=O)c1ccc(C)cc1)[C@@]21C(=O)Nc2ccccc21. The Bertz CT molecular complexity index is 1790. The third-order valence-corrected chi connectivity index (χ3v) is 9.24. The van der Waals surface area contributed by atoms with Gasteiger partial charge in [-0.05, 0) is 49.2 Å². The normalized spacial score (nSPS) is 23.9. The summed E-state index contributed by atoms with van der Waals surface area (Å²) in [6.07, 6.45) is 2.05. The number of hydrogen-bond acceptors (Lipinski definition) is 4. The zero-order valence-corrected chi connectivity index (χ0v) is 23.4. The number of hydrogen-bond donors (Lipinski definition) is 1. The zero-order valence-electron chi connectivity index (χ0n) is 22.6. The first kappa shape index (κ1) is 25.5. The lowest BCUT2D eigenvalue weighted by Gasteiger charge is -2.39. The van der Waals surface area contributed by atoms with E-state index >= 15 is 0 Å². The number of Topliss-reactive ketones (excluding diaryl/α,β-unsaturated/α-hetero) is 2. The Labute approximate surface area is 243 Å². The first-order valence-electron chi connectivity index (χ1n) is 13.7. The number of anilines is 2. The van der Waals surface area contributed by atoms with Crippen molar-refractivity contribution in [3.8, 4) is 0 Å². The molecule has 4 atom stereocenters. The second-order valence-electron chi connectivity index (χ2n) is 11.1. The summed E-state index contributed by atoms with van der Waals surface area (Å²) in [7, 11) is 0. The molecule has 41 heavy (non-hydrogen) atoms. The fourth-order valence-corrected chi connectivity index (χ4v) is 7.33. The maximum atomic E-state index is 14.8. The number of benzene rings is 4. The molecule has 202 valence electrons. The van der Waals surface area contributed by atoms with Crippen LogP contribution >= 0.6 is 11.6 Å². The lowest BCUT2D eigenvalue weighted by molar-refractivity contribution is -0.121. The molecule has 1 fully saturated rings. The smallest absolute Gasteiger partial charge is 0.238 e. The molecule has 0 radical (unpaired) electrons. The summed E-state index contributed by atoms with van der Waals surface area (Å²) >= 11 is 6.60. The molecular weight excluding hydrogens is 532 g/mol. The Morgan fingerprint density at radius 2 is 1.51 bits per heavy atom. The van der Waals surface area contributed by atoms with Crippen molar-refractivity contribution in [2.45, 2.75) is 31.3 Å². The van der Waals surface area contributed by atoms with E-state index in [9.17, 15) is 14.4 Å². The molecule has 0 aromatic heterocycles. The molecule has 0 bridgehead atoms. The quantitative estimate of drug-likeness (QED) is 0.277. The van der Waals surface area contributed by atoms with E-state index < -0.39 is 23.4 Å². The van der Waals surface area contributed by atoms with Gasteiger partial charge in [-0.25, -0.2) is 0 Å². The second kappa shape index (κ2) is 9.28. The Morgan fingerprint density at radius 3 is 2.29 bits per heavy atom. The van der Waals surface area contributed by atoms with Crippen LogP contribution < -0.4 is 10.2 Å². The average molecular weight is 559 g/mol. The van der Waals surface area contributed by atoms with Gasteiger partial charge in [0.1, 0.15) is 11.5 Å². The highest BCUT2D eigenvalue weighted by Gasteiger charge is 2.70. The van der Waals surface area contributed by atoms with Crippen LogP contribution in [0.3, 0.4) is 0 Å². The molecule has 0 aliphatic carbocycles. The summed E-state index contributed by atoms with van der Waals surface area (Å²) in [5, 5.41) is 3.38. The molecule has 0 unspecified atom stereocenters. The minimum absolute atomic E-state index is 0.250. The van der Waals surface area contributed by atoms with E-state index in [2.05, 4.69) is 11.4 Å². The van der Waals surface area contributed by atoms with Gasteiger partial charge in [-0.15, -0.1) is 0 Å². The third-order valence-electron chi connectivity index (χ3n) is 8.91. The number of carbonyl (C=O) groups is 3. The second-order valence-corrected chi connectivity index (χ2v) is 11.5. The number of ketones is 2. The van der Waals surface area contributed by atoms with Crippen molar-refractivity contribution in [2.24, 2.45) is 5.92 Å². The van der Waals surface area contributed by atoms with E-state index in [4.69, 9.17) is 11.6 Å². The number of halogens is 1. The molecule has 1 spiro atoms. The van der Waals surface area contributed by atoms with Gasteiger partial charge in [0.25, 0.3) is 0 Å². The lowest BCUT2D eigenvalue weighted by atomic mass is 9.64. The van der Waals surface area contributed by atoms with Gasteiger partial charge in [0, 0.05) is 28.1 Å². The van der Waals surface area contributed by atoms with Crippen molar-refractivity contribution in [1.82, 2.24) is 0 Å². The Balaban J connectivity index is 1.57. The van der Waals surface area contributed by atoms with E-state index in [1.165, 1.54) is 0 Å². The molecular formula is C35H27ClN2O3. The molecule has 5 nitrogen and oxygen atoms in total. The summed E-state index contributed by atoms with van der Waals surface area (Å²) in [6, 6.07) is 28.1. The van der Waals surface area contributed by atoms with Crippen LogP contribution in [-0.4, -0.2) is 29.6 Å². The van der Waals surface area contributed by atoms with E-state index in [-0.39, 0.29) is 17.5 Å². The van der Waals surface area contributed by atoms with Crippen molar-refractivity contribution < 1.29 is 14.4 Å². The van der Waals surface area contributed by atoms with Crippen molar-refractivity contribution in [1.29, 1.82) is 0 Å². The first-order chi connectivity index (χ1) is 19.8. The minimum Gasteiger partial charge on any atom is -0.352 e. The predicted molar refractivity (Wildman–Crippen MR) is 162 cm³/mol. The molecule has 1 N–H and O–H groups in total. The van der Waals surface area contributed by atoms with Gasteiger partial charge in [-0.1, -0.05) is 96.0 Å². The van der Waals surface area contributed by atoms with E-state index in [1.54, 1.807) is 36.4 Å². The molecule has 7 rings (SSSR count). The molecule has 1 saturated heterocycles. The van der Waals surface area contributed by atoms with Gasteiger partial charge in [-0.3, -0.25) is 14.4 Å². The van der Waals surface area contributed by atoms with E-state index in [0.717, 1.165) is 28.0 Å². The first-order valence-corrected chi connectivity index (χ1v) is 14.1. The highest BCUT2D eigenvalue weighted by atomic mass is 35.5. The number of aryl methyl sites for hydroxylation is 1. The minimum atomic E-state index is -1.35. The molecule has 1 amide bonds. The Hall–Kier alpha value is -4.48. The average Bonchev–Trinajstić information content (AvgIpc) is 3.45. The number of amides is 1. The fraction of sp³-hybridized carbons (Fsp3) is 0.171. The van der Waals surface area contributed by atoms with Crippen LogP contribution in [0.2, 0.25) is 5.02 Å². The number of fused-ring (bicyclic) bond motifs is 6. The number of para-hydroxylation sites is 2. The van der Waals surface area contributed by atoms with Crippen molar-refractivity contribution in [2.75, 3.05) is 10.2 Å². The summed E-state index contributed by atoms with van der Waals surface area (Å²) in [4.78, 5) is 46.0. The number of nitrogens with zero attached hydrogens (tertiary/aromatic N) is 1. The van der Waals surface area contributed by atoms with Gasteiger partial charge in [0.15, 0.2) is 11.6 Å². The molecule has 4 aromatic rings. The van der Waals surface area contributed by atoms with Crippen LogP contribution in [0.4, 0.5) is 11.4 Å². The molecule has 3 aliphatic rings. The van der Waals surface area contributed by atoms with E-state index in [1.807, 2.05) is 79.4 Å². The zero-order chi connectivity index (χ0) is 28.5. The van der Waals surface area contributed by atoms with Crippen molar-refractivity contribution in [3.05, 3.63) is 136 Å². The molecule has 3 aliphatic heterocycles. The Kier molecular flexibility index (Phi) is 5.77. The van der Waals surface area contributed by atoms with Gasteiger partial charge in [0.2, 0.25) is 5.91 Å². The maximum absolute atomic E-state index is 14.8. The monoisotopic (exact) mass is 558 g/mol. The van der Waals surface area contributed by atoms with Crippen LogP contribution in [0, 0.1) is 12.8 Å². The molecule has 3 heterocycles. The summed E-state index contributed by atoms with van der Waals surface area (Å²) < 4.78 is 0. The maximum Gasteiger partial charge on any atom is 0.238 e. The number of allylic oxidation sites excluding steroid dienone is 1. The van der Waals surface area contributed by atoms with Crippen LogP contribution in [0.1, 0.15) is 44.3 Å². The molecule has 4 aromatic carbocycles. The highest BCUT2D eigenvalue weighted by molar-refractivity contribution is 6.34.